The van der Waals surface area contributed by atoms with E-state index in [1.165, 1.54) is 0 Å². The Morgan fingerprint density at radius 3 is 1.65 bits per heavy atom. The molecule has 0 saturated heterocycles. The Hall–Kier alpha value is -5.66. The highest BCUT2D eigenvalue weighted by atomic mass is 16.3. The number of furan rings is 1. The zero-order valence-corrected chi connectivity index (χ0v) is 23.0. The van der Waals surface area contributed by atoms with Gasteiger partial charge in [-0.05, 0) is 96.0 Å². The highest BCUT2D eigenvalue weighted by Gasteiger charge is 2.16. The summed E-state index contributed by atoms with van der Waals surface area (Å²) in [5.74, 6) is 0. The molecule has 0 unspecified atom stereocenters. The molecule has 9 rings (SSSR count). The van der Waals surface area contributed by atoms with Crippen molar-refractivity contribution in [2.75, 3.05) is 0 Å². The number of benzene rings is 8. The lowest BCUT2D eigenvalue weighted by Gasteiger charge is -2.18. The van der Waals surface area contributed by atoms with Gasteiger partial charge < -0.3 is 4.42 Å². The molecule has 9 aromatic rings. The molecular formula is C42H26O. The molecule has 1 nitrogen and oxygen atoms in total. The van der Waals surface area contributed by atoms with Gasteiger partial charge in [-0.3, -0.25) is 0 Å². The Labute approximate surface area is 256 Å². The number of fused-ring (bicyclic) bond motifs is 6. The fourth-order valence-electron chi connectivity index (χ4n) is 6.42. The standard InChI is InChI=1S/C42H26O/c1-2-10-27(11-3-1)41-34-13-4-6-15-36(34)42(37-16-7-5-14-35(37)41)32-21-20-28-24-29(18-19-30(28)25-32)31-22-23-40-38(26-31)33-12-8-9-17-39(33)43-40/h1-26H/i18D,19D,20D,21D,25D. The number of para-hydroxylation sites is 1. The Balaban J connectivity index is 1.34. The maximum Gasteiger partial charge on any atom is 0.135 e. The van der Waals surface area contributed by atoms with E-state index in [9.17, 15) is 5.48 Å². The van der Waals surface area contributed by atoms with Gasteiger partial charge in [-0.1, -0.05) is 127 Å². The van der Waals surface area contributed by atoms with Crippen LogP contribution >= 0.6 is 0 Å². The van der Waals surface area contributed by atoms with Crippen LogP contribution < -0.4 is 0 Å². The fourth-order valence-corrected chi connectivity index (χ4v) is 6.42. The highest BCUT2D eigenvalue weighted by molar-refractivity contribution is 6.21. The van der Waals surface area contributed by atoms with E-state index in [2.05, 4.69) is 24.3 Å². The molecule has 1 heteroatoms. The predicted molar refractivity (Wildman–Crippen MR) is 183 cm³/mol. The van der Waals surface area contributed by atoms with Crippen molar-refractivity contribution < 1.29 is 11.3 Å². The fraction of sp³-hybridized carbons (Fsp3) is 0. The summed E-state index contributed by atoms with van der Waals surface area (Å²) in [5.41, 5.74) is 5.80. The third-order valence-corrected chi connectivity index (χ3v) is 8.38. The Morgan fingerprint density at radius 1 is 0.372 bits per heavy atom. The van der Waals surface area contributed by atoms with Crippen molar-refractivity contribution in [1.82, 2.24) is 0 Å². The van der Waals surface area contributed by atoms with Crippen LogP contribution in [0.3, 0.4) is 0 Å². The van der Waals surface area contributed by atoms with E-state index in [0.717, 1.165) is 54.6 Å². The summed E-state index contributed by atoms with van der Waals surface area (Å²) in [5, 5.41) is 6.07. The molecule has 0 amide bonds. The lowest BCUT2D eigenvalue weighted by molar-refractivity contribution is 0.669. The molecule has 8 aromatic carbocycles. The molecule has 1 aromatic heterocycles. The molecule has 0 N–H and O–H groups in total. The van der Waals surface area contributed by atoms with E-state index in [4.69, 9.17) is 5.79 Å². The van der Waals surface area contributed by atoms with Crippen LogP contribution in [0, 0.1) is 0 Å². The second kappa shape index (κ2) is 9.44. The van der Waals surface area contributed by atoms with Gasteiger partial charge in [0.1, 0.15) is 11.2 Å². The second-order valence-corrected chi connectivity index (χ2v) is 10.9. The van der Waals surface area contributed by atoms with Crippen LogP contribution in [0.25, 0.3) is 87.6 Å². The van der Waals surface area contributed by atoms with Crippen LogP contribution in [-0.4, -0.2) is 0 Å². The summed E-state index contributed by atoms with van der Waals surface area (Å²) in [7, 11) is 0. The normalized spacial score (nSPS) is 13.3. The van der Waals surface area contributed by atoms with Gasteiger partial charge >= 0.3 is 0 Å². The zero-order chi connectivity index (χ0) is 32.7. The van der Waals surface area contributed by atoms with Crippen LogP contribution in [0.15, 0.2) is 162 Å². The highest BCUT2D eigenvalue weighted by Crippen LogP contribution is 2.44. The van der Waals surface area contributed by atoms with E-state index in [1.807, 2.05) is 97.1 Å². The summed E-state index contributed by atoms with van der Waals surface area (Å²) in [6.07, 6.45) is 0. The molecule has 0 spiro atoms. The SMILES string of the molecule is [2H]c1c(-c2c3ccccc3c(-c3ccccc3)c3ccccc23)c([2H])c2c([2H])c([2H])c(-c3ccc4oc5ccccc5c4c3)cc2c1[2H]. The molecule has 0 radical (unpaired) electrons. The van der Waals surface area contributed by atoms with Gasteiger partial charge in [-0.15, -0.1) is 0 Å². The summed E-state index contributed by atoms with van der Waals surface area (Å²) >= 11 is 0. The van der Waals surface area contributed by atoms with Crippen molar-refractivity contribution in [2.45, 2.75) is 0 Å². The lowest BCUT2D eigenvalue weighted by atomic mass is 9.85. The van der Waals surface area contributed by atoms with Crippen LogP contribution in [0.2, 0.25) is 0 Å². The molecule has 1 heterocycles. The molecule has 0 fully saturated rings. The maximum absolute atomic E-state index is 9.55. The minimum atomic E-state index is -0.131. The van der Waals surface area contributed by atoms with Gasteiger partial charge in [0.05, 0.1) is 6.85 Å². The average molecular weight is 552 g/mol. The molecule has 200 valence electrons. The monoisotopic (exact) mass is 551 g/mol. The molecule has 0 aliphatic heterocycles. The molecular weight excluding hydrogens is 520 g/mol. The smallest absolute Gasteiger partial charge is 0.135 e. The van der Waals surface area contributed by atoms with Crippen LogP contribution in [0.4, 0.5) is 0 Å². The minimum absolute atomic E-state index is 0.0184. The van der Waals surface area contributed by atoms with E-state index in [1.54, 1.807) is 6.07 Å². The molecule has 0 saturated carbocycles. The average Bonchev–Trinajstić information content (AvgIpc) is 3.50. The van der Waals surface area contributed by atoms with Crippen molar-refractivity contribution in [3.63, 3.8) is 0 Å². The van der Waals surface area contributed by atoms with Crippen molar-refractivity contribution in [2.24, 2.45) is 0 Å². The topological polar surface area (TPSA) is 13.1 Å². The molecule has 0 aliphatic carbocycles. The van der Waals surface area contributed by atoms with E-state index in [0.29, 0.717) is 27.6 Å². The summed E-state index contributed by atoms with van der Waals surface area (Å²) in [4.78, 5) is 0. The van der Waals surface area contributed by atoms with Gasteiger partial charge in [-0.2, -0.15) is 0 Å². The third kappa shape index (κ3) is 3.79. The number of hydrogen-bond donors (Lipinski definition) is 0. The van der Waals surface area contributed by atoms with Crippen LogP contribution in [0.5, 0.6) is 0 Å². The van der Waals surface area contributed by atoms with Gasteiger partial charge in [0.25, 0.3) is 0 Å². The predicted octanol–water partition coefficient (Wildman–Crippen LogP) is 12.0. The number of hydrogen-bond acceptors (Lipinski definition) is 1. The van der Waals surface area contributed by atoms with Crippen molar-refractivity contribution in [3.8, 4) is 33.4 Å². The molecule has 0 aliphatic rings. The number of rotatable bonds is 3. The Bertz CT molecular complexity index is 2730. The van der Waals surface area contributed by atoms with Gasteiger partial charge in [0.2, 0.25) is 0 Å². The largest absolute Gasteiger partial charge is 0.456 e. The van der Waals surface area contributed by atoms with Crippen LogP contribution in [-0.2, 0) is 0 Å². The molecule has 0 atom stereocenters. The summed E-state index contributed by atoms with van der Waals surface area (Å²) in [6.45, 7) is 0. The van der Waals surface area contributed by atoms with Gasteiger partial charge in [0, 0.05) is 10.8 Å². The third-order valence-electron chi connectivity index (χ3n) is 8.38. The quantitative estimate of drug-likeness (QED) is 0.199. The van der Waals surface area contributed by atoms with Gasteiger partial charge in [-0.25, -0.2) is 0 Å². The lowest BCUT2D eigenvalue weighted by Crippen LogP contribution is -1.90. The van der Waals surface area contributed by atoms with E-state index in [-0.39, 0.29) is 35.6 Å². The summed E-state index contributed by atoms with van der Waals surface area (Å²) in [6, 6.07) is 41.1. The zero-order valence-electron chi connectivity index (χ0n) is 28.0. The van der Waals surface area contributed by atoms with Gasteiger partial charge in [0.15, 0.2) is 0 Å². The first-order valence-corrected chi connectivity index (χ1v) is 14.4. The minimum Gasteiger partial charge on any atom is -0.456 e. The van der Waals surface area contributed by atoms with Crippen molar-refractivity contribution in [1.29, 1.82) is 0 Å². The Morgan fingerprint density at radius 2 is 0.930 bits per heavy atom. The first kappa shape index (κ1) is 19.5. The maximum atomic E-state index is 9.55. The van der Waals surface area contributed by atoms with E-state index >= 15 is 0 Å². The first-order valence-electron chi connectivity index (χ1n) is 16.9. The summed E-state index contributed by atoms with van der Waals surface area (Å²) < 4.78 is 52.5. The van der Waals surface area contributed by atoms with Crippen molar-refractivity contribution >= 4 is 54.3 Å². The van der Waals surface area contributed by atoms with Crippen LogP contribution in [0.1, 0.15) is 6.85 Å². The molecule has 43 heavy (non-hydrogen) atoms. The van der Waals surface area contributed by atoms with Crippen molar-refractivity contribution in [3.05, 3.63) is 158 Å². The molecule has 0 bridgehead atoms. The Kier molecular flexibility index (Phi) is 4.27. The second-order valence-electron chi connectivity index (χ2n) is 10.9. The van der Waals surface area contributed by atoms with E-state index < -0.39 is 0 Å². The first-order chi connectivity index (χ1) is 23.4.